The van der Waals surface area contributed by atoms with Gasteiger partial charge in [0.15, 0.2) is 0 Å². The van der Waals surface area contributed by atoms with Gasteiger partial charge in [-0.2, -0.15) is 5.10 Å². The second kappa shape index (κ2) is 8.39. The molecule has 160 valence electrons. The summed E-state index contributed by atoms with van der Waals surface area (Å²) < 4.78 is 0. The number of nitrogens with one attached hydrogen (secondary N) is 1. The third-order valence-corrected chi connectivity index (χ3v) is 7.31. The zero-order valence-electron chi connectivity index (χ0n) is 16.7. The normalized spacial score (nSPS) is 14.2. The van der Waals surface area contributed by atoms with Crippen LogP contribution in [0.15, 0.2) is 41.6 Å². The lowest BCUT2D eigenvalue weighted by Gasteiger charge is -2.30. The van der Waals surface area contributed by atoms with Crippen molar-refractivity contribution in [2.45, 2.75) is 10.9 Å². The topological polar surface area (TPSA) is 69.3 Å². The minimum absolute atomic E-state index is 0.264. The average molecular weight is 496 g/mol. The van der Waals surface area contributed by atoms with Crippen molar-refractivity contribution in [3.63, 3.8) is 0 Å². The van der Waals surface area contributed by atoms with Crippen LogP contribution < -0.4 is 4.90 Å². The van der Waals surface area contributed by atoms with Crippen molar-refractivity contribution in [3.05, 3.63) is 74.0 Å². The molecular formula is C21H17Cl3N4O2S. The Balaban J connectivity index is 2.02. The molecule has 0 saturated heterocycles. The van der Waals surface area contributed by atoms with Crippen LogP contribution in [0, 0.1) is 0 Å². The maximum Gasteiger partial charge on any atom is 0.262 e. The van der Waals surface area contributed by atoms with Gasteiger partial charge >= 0.3 is 0 Å². The summed E-state index contributed by atoms with van der Waals surface area (Å²) in [6, 6.07) is 5.81. The highest BCUT2D eigenvalue weighted by molar-refractivity contribution is 7.98. The van der Waals surface area contributed by atoms with Crippen molar-refractivity contribution in [3.8, 4) is 0 Å². The third kappa shape index (κ3) is 3.40. The summed E-state index contributed by atoms with van der Waals surface area (Å²) in [6.07, 6.45) is 5.01. The molecule has 2 heterocycles. The van der Waals surface area contributed by atoms with Gasteiger partial charge in [0.05, 0.1) is 44.1 Å². The zero-order valence-corrected chi connectivity index (χ0v) is 19.8. The number of anilines is 1. The fraction of sp³-hybridized carbons (Fsp3) is 0.190. The van der Waals surface area contributed by atoms with Gasteiger partial charge in [-0.05, 0) is 18.4 Å². The quantitative estimate of drug-likeness (QED) is 0.371. The van der Waals surface area contributed by atoms with Crippen molar-refractivity contribution in [1.29, 1.82) is 0 Å². The van der Waals surface area contributed by atoms with Crippen LogP contribution in [0.25, 0.3) is 0 Å². The highest BCUT2D eigenvalue weighted by atomic mass is 35.5. The molecule has 1 unspecified atom stereocenters. The van der Waals surface area contributed by atoms with Crippen LogP contribution in [0.4, 0.5) is 5.69 Å². The number of rotatable bonds is 5. The number of halogens is 3. The standard InChI is InChI=1S/C21H17Cl3N4O2S/c1-27(2)18-14(22)13(15(23)19(31-3)16(18)24)17(10-8-25-26-9-10)28-20(29)11-6-4-5-7-12(11)21(28)30/h4-9,17H,1-3H3,(H,25,26). The van der Waals surface area contributed by atoms with Gasteiger partial charge in [0, 0.05) is 36.3 Å². The SMILES string of the molecule is CSc1c(Cl)c(C(c2cn[nH]c2)N2C(=O)c3ccccc3C2=O)c(Cl)c(N(C)C)c1Cl. The van der Waals surface area contributed by atoms with E-state index < -0.39 is 17.9 Å². The lowest BCUT2D eigenvalue weighted by Crippen LogP contribution is -2.35. The molecule has 0 radical (unpaired) electrons. The first-order valence-corrected chi connectivity index (χ1v) is 11.5. The molecule has 2 amide bonds. The molecule has 1 aliphatic rings. The average Bonchev–Trinajstić information content (AvgIpc) is 3.34. The first kappa shape index (κ1) is 22.0. The van der Waals surface area contributed by atoms with Crippen LogP contribution in [-0.2, 0) is 0 Å². The second-order valence-corrected chi connectivity index (χ2v) is 9.04. The Labute approximate surface area is 198 Å². The monoisotopic (exact) mass is 494 g/mol. The fourth-order valence-electron chi connectivity index (χ4n) is 3.76. The van der Waals surface area contributed by atoms with E-state index in [4.69, 9.17) is 34.8 Å². The van der Waals surface area contributed by atoms with E-state index in [-0.39, 0.29) is 10.0 Å². The number of aromatic amines is 1. The van der Waals surface area contributed by atoms with Crippen LogP contribution in [0.1, 0.15) is 37.9 Å². The highest BCUT2D eigenvalue weighted by Gasteiger charge is 2.43. The Bertz CT molecular complexity index is 1160. The highest BCUT2D eigenvalue weighted by Crippen LogP contribution is 2.51. The summed E-state index contributed by atoms with van der Waals surface area (Å²) in [5, 5.41) is 7.72. The predicted molar refractivity (Wildman–Crippen MR) is 125 cm³/mol. The number of hydrogen-bond acceptors (Lipinski definition) is 5. The molecule has 1 N–H and O–H groups in total. The van der Waals surface area contributed by atoms with E-state index >= 15 is 0 Å². The summed E-state index contributed by atoms with van der Waals surface area (Å²) in [6.45, 7) is 0. The van der Waals surface area contributed by atoms with Crippen molar-refractivity contribution >= 4 is 64.1 Å². The van der Waals surface area contributed by atoms with Gasteiger partial charge in [0.2, 0.25) is 0 Å². The molecule has 10 heteroatoms. The van der Waals surface area contributed by atoms with Crippen LogP contribution in [0.3, 0.4) is 0 Å². The van der Waals surface area contributed by atoms with Crippen LogP contribution in [0.5, 0.6) is 0 Å². The first-order chi connectivity index (χ1) is 14.8. The molecule has 1 aliphatic heterocycles. The zero-order chi connectivity index (χ0) is 22.4. The van der Waals surface area contributed by atoms with Crippen molar-refractivity contribution in [2.75, 3.05) is 25.3 Å². The number of imide groups is 1. The molecule has 0 spiro atoms. The molecule has 1 atom stereocenters. The predicted octanol–water partition coefficient (Wildman–Crippen LogP) is 5.54. The van der Waals surface area contributed by atoms with Crippen LogP contribution >= 0.6 is 46.6 Å². The number of H-pyrrole nitrogens is 1. The van der Waals surface area contributed by atoms with E-state index in [9.17, 15) is 9.59 Å². The number of aromatic nitrogens is 2. The first-order valence-electron chi connectivity index (χ1n) is 9.16. The summed E-state index contributed by atoms with van der Waals surface area (Å²) in [5.74, 6) is -0.850. The maximum absolute atomic E-state index is 13.3. The van der Waals surface area contributed by atoms with Crippen LogP contribution in [-0.4, -0.2) is 47.3 Å². The fourth-order valence-corrected chi connectivity index (χ4v) is 6.04. The van der Waals surface area contributed by atoms with E-state index in [0.717, 1.165) is 0 Å². The molecule has 31 heavy (non-hydrogen) atoms. The summed E-state index contributed by atoms with van der Waals surface area (Å²) >= 11 is 21.6. The molecular weight excluding hydrogens is 479 g/mol. The van der Waals surface area contributed by atoms with E-state index in [2.05, 4.69) is 10.2 Å². The van der Waals surface area contributed by atoms with E-state index in [0.29, 0.717) is 37.9 Å². The van der Waals surface area contributed by atoms with Crippen molar-refractivity contribution in [1.82, 2.24) is 15.1 Å². The van der Waals surface area contributed by atoms with Gasteiger partial charge in [0.1, 0.15) is 0 Å². The Morgan fingerprint density at radius 3 is 2.13 bits per heavy atom. The van der Waals surface area contributed by atoms with Gasteiger partial charge in [0.25, 0.3) is 11.8 Å². The Hall–Kier alpha value is -2.19. The molecule has 1 aromatic heterocycles. The third-order valence-electron chi connectivity index (χ3n) is 5.13. The smallest absolute Gasteiger partial charge is 0.262 e. The molecule has 0 saturated carbocycles. The molecule has 0 bridgehead atoms. The van der Waals surface area contributed by atoms with Crippen LogP contribution in [0.2, 0.25) is 15.1 Å². The number of hydrogen-bond donors (Lipinski definition) is 1. The number of thioether (sulfide) groups is 1. The van der Waals surface area contributed by atoms with Crippen molar-refractivity contribution in [2.24, 2.45) is 0 Å². The number of carbonyl (C=O) groups excluding carboxylic acids is 2. The van der Waals surface area contributed by atoms with Gasteiger partial charge < -0.3 is 4.90 Å². The Kier molecular flexibility index (Phi) is 5.96. The molecule has 2 aromatic carbocycles. The summed E-state index contributed by atoms with van der Waals surface area (Å²) in [7, 11) is 3.62. The second-order valence-electron chi connectivity index (χ2n) is 7.09. The maximum atomic E-state index is 13.3. The molecule has 0 fully saturated rings. The molecule has 6 nitrogen and oxygen atoms in total. The minimum Gasteiger partial charge on any atom is -0.375 e. The largest absolute Gasteiger partial charge is 0.375 e. The summed E-state index contributed by atoms with van der Waals surface area (Å²) in [4.78, 5) is 30.2. The van der Waals surface area contributed by atoms with E-state index in [1.165, 1.54) is 16.7 Å². The number of amides is 2. The van der Waals surface area contributed by atoms with Gasteiger partial charge in [-0.3, -0.25) is 19.6 Å². The Morgan fingerprint density at radius 2 is 1.65 bits per heavy atom. The Morgan fingerprint density at radius 1 is 1.03 bits per heavy atom. The molecule has 4 rings (SSSR count). The van der Waals surface area contributed by atoms with Gasteiger partial charge in [-0.15, -0.1) is 11.8 Å². The summed E-state index contributed by atoms with van der Waals surface area (Å²) in [5.41, 5.74) is 2.20. The number of carbonyl (C=O) groups is 2. The number of fused-ring (bicyclic) bond motifs is 1. The number of nitrogens with zero attached hydrogens (tertiary/aromatic N) is 3. The van der Waals surface area contributed by atoms with E-state index in [1.807, 2.05) is 20.4 Å². The number of benzene rings is 2. The van der Waals surface area contributed by atoms with Gasteiger partial charge in [-0.1, -0.05) is 46.9 Å². The molecule has 3 aromatic rings. The lowest BCUT2D eigenvalue weighted by molar-refractivity contribution is 0.0609. The van der Waals surface area contributed by atoms with Crippen molar-refractivity contribution < 1.29 is 9.59 Å². The van der Waals surface area contributed by atoms with E-state index in [1.54, 1.807) is 41.6 Å². The van der Waals surface area contributed by atoms with Gasteiger partial charge in [-0.25, -0.2) is 0 Å². The molecule has 0 aliphatic carbocycles. The minimum atomic E-state index is -0.895. The lowest BCUT2D eigenvalue weighted by atomic mass is 9.98.